The summed E-state index contributed by atoms with van der Waals surface area (Å²) in [7, 11) is 3.37. The lowest BCUT2D eigenvalue weighted by Gasteiger charge is -2.07. The van der Waals surface area contributed by atoms with Gasteiger partial charge in [0.2, 0.25) is 0 Å². The number of nitrogens with one attached hydrogen (secondary N) is 1. The van der Waals surface area contributed by atoms with Crippen molar-refractivity contribution < 1.29 is 9.47 Å². The quantitative estimate of drug-likeness (QED) is 0.796. The molecule has 0 saturated carbocycles. The van der Waals surface area contributed by atoms with Crippen LogP contribution in [-0.4, -0.2) is 25.2 Å². The molecule has 1 rings (SSSR count). The van der Waals surface area contributed by atoms with Crippen molar-refractivity contribution in [3.63, 3.8) is 0 Å². The number of hydrogen-bond acceptors (Lipinski definition) is 5. The minimum atomic E-state index is 0.475. The average Bonchev–Trinajstić information content (AvgIpc) is 2.59. The summed E-state index contributed by atoms with van der Waals surface area (Å²) in [5.74, 6) is 0. The van der Waals surface area contributed by atoms with E-state index in [1.54, 1.807) is 25.6 Å². The molecule has 0 saturated heterocycles. The van der Waals surface area contributed by atoms with E-state index in [-0.39, 0.29) is 0 Å². The van der Waals surface area contributed by atoms with E-state index in [9.17, 15) is 0 Å². The molecule has 0 radical (unpaired) electrons. The summed E-state index contributed by atoms with van der Waals surface area (Å²) in [5.41, 5.74) is 1.02. The second-order valence-electron chi connectivity index (χ2n) is 3.88. The number of hydrogen-bond donors (Lipinski definition) is 1. The zero-order valence-electron chi connectivity index (χ0n) is 10.4. The Hall–Kier alpha value is -0.490. The molecular formula is C11H20N2O2S. The first-order chi connectivity index (χ1) is 7.67. The molecule has 1 N–H and O–H groups in total. The van der Waals surface area contributed by atoms with E-state index in [1.165, 1.54) is 4.88 Å². The van der Waals surface area contributed by atoms with Gasteiger partial charge in [0.15, 0.2) is 0 Å². The molecule has 0 spiro atoms. The lowest BCUT2D eigenvalue weighted by Crippen LogP contribution is -2.21. The Morgan fingerprint density at radius 1 is 1.25 bits per heavy atom. The maximum Gasteiger partial charge on any atom is 0.119 e. The lowest BCUT2D eigenvalue weighted by molar-refractivity contribution is 0.176. The monoisotopic (exact) mass is 244 g/mol. The van der Waals surface area contributed by atoms with Crippen LogP contribution in [0.15, 0.2) is 0 Å². The molecule has 16 heavy (non-hydrogen) atoms. The maximum absolute atomic E-state index is 5.14. The molecule has 0 aliphatic heterocycles. The normalized spacial score (nSPS) is 11.3. The smallest absolute Gasteiger partial charge is 0.119 e. The predicted octanol–water partition coefficient (Wildman–Crippen LogP) is 1.93. The van der Waals surface area contributed by atoms with Crippen molar-refractivity contribution in [2.45, 2.75) is 39.6 Å². The Morgan fingerprint density at radius 2 is 1.94 bits per heavy atom. The van der Waals surface area contributed by atoms with Crippen LogP contribution in [0.3, 0.4) is 0 Å². The second kappa shape index (κ2) is 6.96. The van der Waals surface area contributed by atoms with Gasteiger partial charge in [-0.1, -0.05) is 13.8 Å². The Bertz CT molecular complexity index is 313. The van der Waals surface area contributed by atoms with Crippen molar-refractivity contribution in [3.8, 4) is 0 Å². The number of methoxy groups -OCH3 is 2. The van der Waals surface area contributed by atoms with Gasteiger partial charge in [0, 0.05) is 31.7 Å². The largest absolute Gasteiger partial charge is 0.378 e. The van der Waals surface area contributed by atoms with Gasteiger partial charge in [-0.25, -0.2) is 4.98 Å². The van der Waals surface area contributed by atoms with Gasteiger partial charge in [0.05, 0.1) is 18.9 Å². The van der Waals surface area contributed by atoms with Crippen molar-refractivity contribution in [1.82, 2.24) is 10.3 Å². The Morgan fingerprint density at radius 3 is 2.50 bits per heavy atom. The maximum atomic E-state index is 5.14. The van der Waals surface area contributed by atoms with Gasteiger partial charge in [0.25, 0.3) is 0 Å². The Kier molecular flexibility index (Phi) is 5.90. The highest BCUT2D eigenvalue weighted by molar-refractivity contribution is 7.11. The van der Waals surface area contributed by atoms with E-state index in [1.807, 2.05) is 0 Å². The van der Waals surface area contributed by atoms with Crippen LogP contribution in [0.1, 0.15) is 29.4 Å². The fourth-order valence-electron chi connectivity index (χ4n) is 1.31. The van der Waals surface area contributed by atoms with Gasteiger partial charge in [-0.05, 0) is 0 Å². The van der Waals surface area contributed by atoms with Crippen LogP contribution in [0, 0.1) is 0 Å². The number of ether oxygens (including phenoxy) is 2. The summed E-state index contributed by atoms with van der Waals surface area (Å²) < 4.78 is 10.2. The molecule has 0 bridgehead atoms. The molecule has 0 unspecified atom stereocenters. The summed E-state index contributed by atoms with van der Waals surface area (Å²) in [5, 5.41) is 4.40. The molecule has 0 aliphatic rings. The number of rotatable bonds is 7. The molecule has 0 aromatic carbocycles. The van der Waals surface area contributed by atoms with Crippen LogP contribution in [-0.2, 0) is 29.2 Å². The van der Waals surface area contributed by atoms with Crippen LogP contribution < -0.4 is 5.32 Å². The third-order valence-corrected chi connectivity index (χ3v) is 3.11. The molecule has 1 aromatic heterocycles. The van der Waals surface area contributed by atoms with E-state index in [0.717, 1.165) is 17.2 Å². The van der Waals surface area contributed by atoms with E-state index in [2.05, 4.69) is 24.1 Å². The van der Waals surface area contributed by atoms with E-state index in [0.29, 0.717) is 19.3 Å². The molecule has 0 amide bonds. The topological polar surface area (TPSA) is 43.4 Å². The molecule has 0 fully saturated rings. The van der Waals surface area contributed by atoms with Crippen LogP contribution in [0.2, 0.25) is 0 Å². The first-order valence-electron chi connectivity index (χ1n) is 5.36. The molecule has 5 heteroatoms. The van der Waals surface area contributed by atoms with Gasteiger partial charge >= 0.3 is 0 Å². The third-order valence-electron chi connectivity index (χ3n) is 2.04. The SMILES string of the molecule is COCc1nc(COC)c(CNC(C)C)s1. The highest BCUT2D eigenvalue weighted by Gasteiger charge is 2.11. The highest BCUT2D eigenvalue weighted by atomic mass is 32.1. The molecule has 1 aromatic rings. The highest BCUT2D eigenvalue weighted by Crippen LogP contribution is 2.20. The molecule has 92 valence electrons. The van der Waals surface area contributed by atoms with E-state index in [4.69, 9.17) is 9.47 Å². The molecule has 4 nitrogen and oxygen atoms in total. The van der Waals surface area contributed by atoms with Crippen LogP contribution >= 0.6 is 11.3 Å². The molecular weight excluding hydrogens is 224 g/mol. The third kappa shape index (κ3) is 4.17. The van der Waals surface area contributed by atoms with Crippen molar-refractivity contribution in [2.75, 3.05) is 14.2 Å². The van der Waals surface area contributed by atoms with Gasteiger partial charge < -0.3 is 14.8 Å². The van der Waals surface area contributed by atoms with Gasteiger partial charge in [-0.15, -0.1) is 11.3 Å². The first kappa shape index (κ1) is 13.6. The van der Waals surface area contributed by atoms with Crippen molar-refractivity contribution in [2.24, 2.45) is 0 Å². The lowest BCUT2D eigenvalue weighted by atomic mass is 10.3. The van der Waals surface area contributed by atoms with Crippen molar-refractivity contribution in [1.29, 1.82) is 0 Å². The van der Waals surface area contributed by atoms with Crippen LogP contribution in [0.5, 0.6) is 0 Å². The van der Waals surface area contributed by atoms with Crippen molar-refractivity contribution >= 4 is 11.3 Å². The number of nitrogens with zero attached hydrogens (tertiary/aromatic N) is 1. The zero-order valence-corrected chi connectivity index (χ0v) is 11.2. The fourth-order valence-corrected chi connectivity index (χ4v) is 2.30. The molecule has 1 heterocycles. The van der Waals surface area contributed by atoms with Gasteiger partial charge in [0.1, 0.15) is 5.01 Å². The summed E-state index contributed by atoms with van der Waals surface area (Å²) in [4.78, 5) is 5.73. The van der Waals surface area contributed by atoms with E-state index >= 15 is 0 Å². The van der Waals surface area contributed by atoms with E-state index < -0.39 is 0 Å². The standard InChI is InChI=1S/C11H20N2O2S/c1-8(2)12-5-10-9(6-14-3)13-11(16-10)7-15-4/h8,12H,5-7H2,1-4H3. The minimum Gasteiger partial charge on any atom is -0.378 e. The minimum absolute atomic E-state index is 0.475. The molecule has 0 atom stereocenters. The van der Waals surface area contributed by atoms with Gasteiger partial charge in [-0.3, -0.25) is 0 Å². The Labute approximate surface area is 101 Å². The summed E-state index contributed by atoms with van der Waals surface area (Å²) in [6.45, 7) is 6.25. The second-order valence-corrected chi connectivity index (χ2v) is 5.05. The zero-order chi connectivity index (χ0) is 12.0. The summed E-state index contributed by atoms with van der Waals surface area (Å²) in [6, 6.07) is 0.475. The Balaban J connectivity index is 2.70. The molecule has 0 aliphatic carbocycles. The first-order valence-corrected chi connectivity index (χ1v) is 6.17. The van der Waals surface area contributed by atoms with Gasteiger partial charge in [-0.2, -0.15) is 0 Å². The number of aromatic nitrogens is 1. The summed E-state index contributed by atoms with van der Waals surface area (Å²) in [6.07, 6.45) is 0. The van der Waals surface area contributed by atoms with Crippen LogP contribution in [0.25, 0.3) is 0 Å². The van der Waals surface area contributed by atoms with Crippen LogP contribution in [0.4, 0.5) is 0 Å². The summed E-state index contributed by atoms with van der Waals surface area (Å²) >= 11 is 1.69. The van der Waals surface area contributed by atoms with Crippen molar-refractivity contribution in [3.05, 3.63) is 15.6 Å². The number of thiazole rings is 1. The average molecular weight is 244 g/mol. The fraction of sp³-hybridized carbons (Fsp3) is 0.727. The predicted molar refractivity (Wildman–Crippen MR) is 65.5 cm³/mol.